The predicted molar refractivity (Wildman–Crippen MR) is 53.9 cm³/mol. The van der Waals surface area contributed by atoms with Gasteiger partial charge in [0.2, 0.25) is 0 Å². The zero-order chi connectivity index (χ0) is 10.3. The van der Waals surface area contributed by atoms with Crippen LogP contribution in [0.4, 0.5) is 0 Å². The number of hydrogen-bond acceptors (Lipinski definition) is 2. The molecule has 0 aromatic carbocycles. The zero-order valence-corrected chi connectivity index (χ0v) is 8.89. The van der Waals surface area contributed by atoms with Gasteiger partial charge >= 0.3 is 5.97 Å². The second-order valence-electron chi connectivity index (χ2n) is 3.62. The molecule has 78 valence electrons. The summed E-state index contributed by atoms with van der Waals surface area (Å²) in [6.45, 7) is 6.51. The number of carbonyl (C=O) groups is 1. The molecule has 3 heteroatoms. The third-order valence-electron chi connectivity index (χ3n) is 2.32. The largest absolute Gasteiger partial charge is 0.480 e. The average molecular weight is 187 g/mol. The first-order valence-corrected chi connectivity index (χ1v) is 5.05. The number of carboxylic acids is 1. The Morgan fingerprint density at radius 2 is 2.00 bits per heavy atom. The molecule has 0 saturated carbocycles. The maximum Gasteiger partial charge on any atom is 0.323 e. The summed E-state index contributed by atoms with van der Waals surface area (Å²) in [6, 6.07) is 0. The predicted octanol–water partition coefficient (Wildman–Crippen LogP) is 2.02. The molecule has 0 aromatic rings. The molecule has 13 heavy (non-hydrogen) atoms. The lowest BCUT2D eigenvalue weighted by atomic mass is 9.94. The van der Waals surface area contributed by atoms with Crippen LogP contribution < -0.4 is 5.32 Å². The van der Waals surface area contributed by atoms with Crippen LogP contribution in [-0.2, 0) is 4.79 Å². The van der Waals surface area contributed by atoms with Gasteiger partial charge in [-0.15, -0.1) is 0 Å². The fourth-order valence-electron chi connectivity index (χ4n) is 1.39. The highest BCUT2D eigenvalue weighted by atomic mass is 16.4. The molecule has 0 heterocycles. The maximum atomic E-state index is 10.9. The van der Waals surface area contributed by atoms with Gasteiger partial charge in [0.15, 0.2) is 0 Å². The number of hydrogen-bond donors (Lipinski definition) is 2. The lowest BCUT2D eigenvalue weighted by Crippen LogP contribution is -2.49. The summed E-state index contributed by atoms with van der Waals surface area (Å²) < 4.78 is 0. The molecule has 1 unspecified atom stereocenters. The summed E-state index contributed by atoms with van der Waals surface area (Å²) in [5, 5.41) is 12.0. The average Bonchev–Trinajstić information content (AvgIpc) is 2.05. The SMILES string of the molecule is CCCCCC(C)(NCC)C(=O)O. The van der Waals surface area contributed by atoms with Crippen molar-refractivity contribution >= 4 is 5.97 Å². The van der Waals surface area contributed by atoms with E-state index in [-0.39, 0.29) is 0 Å². The molecule has 0 amide bonds. The molecule has 0 spiro atoms. The number of likely N-dealkylation sites (N-methyl/N-ethyl adjacent to an activating group) is 1. The highest BCUT2D eigenvalue weighted by molar-refractivity contribution is 5.78. The summed E-state index contributed by atoms with van der Waals surface area (Å²) in [6.07, 6.45) is 3.92. The van der Waals surface area contributed by atoms with Crippen molar-refractivity contribution < 1.29 is 9.90 Å². The Bertz CT molecular complexity index is 159. The van der Waals surface area contributed by atoms with Crippen LogP contribution >= 0.6 is 0 Å². The Hall–Kier alpha value is -0.570. The van der Waals surface area contributed by atoms with Gasteiger partial charge in [0.25, 0.3) is 0 Å². The smallest absolute Gasteiger partial charge is 0.323 e. The molecular formula is C10H21NO2. The minimum Gasteiger partial charge on any atom is -0.480 e. The van der Waals surface area contributed by atoms with Crippen molar-refractivity contribution in [1.29, 1.82) is 0 Å². The molecule has 0 aliphatic heterocycles. The molecule has 0 aromatic heterocycles. The lowest BCUT2D eigenvalue weighted by molar-refractivity contribution is -0.144. The molecule has 1 atom stereocenters. The highest BCUT2D eigenvalue weighted by Crippen LogP contribution is 2.14. The van der Waals surface area contributed by atoms with E-state index in [0.29, 0.717) is 13.0 Å². The van der Waals surface area contributed by atoms with Crippen molar-refractivity contribution in [1.82, 2.24) is 5.32 Å². The lowest BCUT2D eigenvalue weighted by Gasteiger charge is -2.25. The van der Waals surface area contributed by atoms with E-state index in [1.807, 2.05) is 6.92 Å². The van der Waals surface area contributed by atoms with E-state index in [1.165, 1.54) is 0 Å². The molecular weight excluding hydrogens is 166 g/mol. The van der Waals surface area contributed by atoms with Crippen LogP contribution in [0.5, 0.6) is 0 Å². The van der Waals surface area contributed by atoms with Gasteiger partial charge in [-0.05, 0) is 19.9 Å². The van der Waals surface area contributed by atoms with Gasteiger partial charge in [-0.3, -0.25) is 4.79 Å². The van der Waals surface area contributed by atoms with Crippen molar-refractivity contribution in [2.45, 2.75) is 52.0 Å². The molecule has 0 saturated heterocycles. The molecule has 0 radical (unpaired) electrons. The number of aliphatic carboxylic acids is 1. The van der Waals surface area contributed by atoms with Crippen LogP contribution in [0, 0.1) is 0 Å². The van der Waals surface area contributed by atoms with Crippen LogP contribution in [-0.4, -0.2) is 23.2 Å². The van der Waals surface area contributed by atoms with E-state index in [0.717, 1.165) is 19.3 Å². The van der Waals surface area contributed by atoms with Crippen LogP contribution in [0.1, 0.15) is 46.5 Å². The normalized spacial score (nSPS) is 15.3. The minimum atomic E-state index is -0.745. The monoisotopic (exact) mass is 187 g/mol. The molecule has 0 bridgehead atoms. The Kier molecular flexibility index (Phi) is 5.71. The van der Waals surface area contributed by atoms with E-state index in [9.17, 15) is 4.79 Å². The first-order chi connectivity index (χ1) is 6.06. The summed E-state index contributed by atoms with van der Waals surface area (Å²) in [4.78, 5) is 10.9. The Morgan fingerprint density at radius 1 is 1.38 bits per heavy atom. The summed E-state index contributed by atoms with van der Waals surface area (Å²) in [7, 11) is 0. The summed E-state index contributed by atoms with van der Waals surface area (Å²) in [5.74, 6) is -0.745. The van der Waals surface area contributed by atoms with Gasteiger partial charge in [0.1, 0.15) is 5.54 Å². The topological polar surface area (TPSA) is 49.3 Å². The van der Waals surface area contributed by atoms with Crippen LogP contribution in [0.2, 0.25) is 0 Å². The van der Waals surface area contributed by atoms with Gasteiger partial charge in [0.05, 0.1) is 0 Å². The molecule has 0 fully saturated rings. The van der Waals surface area contributed by atoms with Gasteiger partial charge in [-0.1, -0.05) is 33.1 Å². The number of unbranched alkanes of at least 4 members (excludes halogenated alkanes) is 2. The fraction of sp³-hybridized carbons (Fsp3) is 0.900. The van der Waals surface area contributed by atoms with E-state index >= 15 is 0 Å². The second-order valence-corrected chi connectivity index (χ2v) is 3.62. The van der Waals surface area contributed by atoms with Crippen molar-refractivity contribution in [2.24, 2.45) is 0 Å². The molecule has 0 aliphatic carbocycles. The first-order valence-electron chi connectivity index (χ1n) is 5.05. The Labute approximate surface area is 80.5 Å². The van der Waals surface area contributed by atoms with Crippen molar-refractivity contribution in [3.63, 3.8) is 0 Å². The Balaban J connectivity index is 4.00. The van der Waals surface area contributed by atoms with Crippen LogP contribution in [0.3, 0.4) is 0 Å². The van der Waals surface area contributed by atoms with E-state index < -0.39 is 11.5 Å². The number of rotatable bonds is 7. The van der Waals surface area contributed by atoms with Crippen LogP contribution in [0.15, 0.2) is 0 Å². The van der Waals surface area contributed by atoms with Gasteiger partial charge in [-0.2, -0.15) is 0 Å². The third-order valence-corrected chi connectivity index (χ3v) is 2.32. The van der Waals surface area contributed by atoms with Crippen molar-refractivity contribution in [3.8, 4) is 0 Å². The molecule has 0 rings (SSSR count). The van der Waals surface area contributed by atoms with Crippen LogP contribution in [0.25, 0.3) is 0 Å². The second kappa shape index (κ2) is 5.97. The highest BCUT2D eigenvalue weighted by Gasteiger charge is 2.30. The maximum absolute atomic E-state index is 10.9. The standard InChI is InChI=1S/C10H21NO2/c1-4-6-7-8-10(3,9(12)13)11-5-2/h11H,4-8H2,1-3H3,(H,12,13). The quantitative estimate of drug-likeness (QED) is 0.599. The third kappa shape index (κ3) is 4.27. The molecule has 2 N–H and O–H groups in total. The van der Waals surface area contributed by atoms with Gasteiger partial charge in [-0.25, -0.2) is 0 Å². The van der Waals surface area contributed by atoms with Gasteiger partial charge in [0, 0.05) is 0 Å². The molecule has 3 nitrogen and oxygen atoms in total. The minimum absolute atomic E-state index is 0.703. The van der Waals surface area contributed by atoms with Crippen molar-refractivity contribution in [3.05, 3.63) is 0 Å². The van der Waals surface area contributed by atoms with E-state index in [4.69, 9.17) is 5.11 Å². The van der Waals surface area contributed by atoms with Gasteiger partial charge < -0.3 is 10.4 Å². The first kappa shape index (κ1) is 12.4. The zero-order valence-electron chi connectivity index (χ0n) is 8.89. The fourth-order valence-corrected chi connectivity index (χ4v) is 1.39. The number of nitrogens with one attached hydrogen (secondary N) is 1. The van der Waals surface area contributed by atoms with Crippen molar-refractivity contribution in [2.75, 3.05) is 6.54 Å². The van der Waals surface area contributed by atoms with E-state index in [1.54, 1.807) is 6.92 Å². The van der Waals surface area contributed by atoms with E-state index in [2.05, 4.69) is 12.2 Å². The number of carboxylic acid groups (broad SMARTS) is 1. The Morgan fingerprint density at radius 3 is 2.38 bits per heavy atom. The summed E-state index contributed by atoms with van der Waals surface area (Å²) in [5.41, 5.74) is -0.732. The molecule has 0 aliphatic rings. The summed E-state index contributed by atoms with van der Waals surface area (Å²) >= 11 is 0.